The summed E-state index contributed by atoms with van der Waals surface area (Å²) in [7, 11) is 0. The Balaban J connectivity index is 1.45. The summed E-state index contributed by atoms with van der Waals surface area (Å²) >= 11 is 1.46. The molecule has 2 aliphatic heterocycles. The van der Waals surface area contributed by atoms with Gasteiger partial charge in [-0.3, -0.25) is 9.52 Å². The summed E-state index contributed by atoms with van der Waals surface area (Å²) in [6, 6.07) is 6.77. The van der Waals surface area contributed by atoms with E-state index in [0.717, 1.165) is 18.9 Å². The number of likely N-dealkylation sites (tertiary alicyclic amines) is 1. The molecule has 4 nitrogen and oxygen atoms in total. The van der Waals surface area contributed by atoms with Crippen LogP contribution >= 0.6 is 11.9 Å². The summed E-state index contributed by atoms with van der Waals surface area (Å²) in [6.45, 7) is 0.398. The number of nitrogens with zero attached hydrogens (tertiary/aromatic N) is 1. The van der Waals surface area contributed by atoms with Crippen molar-refractivity contribution in [3.05, 3.63) is 59.4 Å². The van der Waals surface area contributed by atoms with Gasteiger partial charge in [0.05, 0.1) is 25.2 Å². The quantitative estimate of drug-likeness (QED) is 0.471. The molecule has 5 rings (SSSR count). The van der Waals surface area contributed by atoms with Crippen LogP contribution in [-0.4, -0.2) is 53.6 Å². The van der Waals surface area contributed by atoms with Crippen LogP contribution in [0, 0.1) is 17.5 Å². The SMILES string of the molecule is O=C(C1CCO1)N1CC(F)C(NSC2CC2)C1Cc1cccc(-c2cccc(F)c2F)c1F. The van der Waals surface area contributed by atoms with Crippen molar-refractivity contribution < 1.29 is 27.1 Å². The number of carbonyl (C=O) groups excluding carboxylic acids is 1. The van der Waals surface area contributed by atoms with Crippen LogP contribution in [0.15, 0.2) is 36.4 Å². The first-order chi connectivity index (χ1) is 15.9. The highest BCUT2D eigenvalue weighted by Crippen LogP contribution is 2.36. The number of amides is 1. The fourth-order valence-electron chi connectivity index (χ4n) is 4.37. The Bertz CT molecular complexity index is 1050. The summed E-state index contributed by atoms with van der Waals surface area (Å²) in [5, 5.41) is 0.425. The third-order valence-electron chi connectivity index (χ3n) is 6.48. The molecule has 176 valence electrons. The molecule has 2 heterocycles. The number of halogens is 4. The zero-order valence-electron chi connectivity index (χ0n) is 17.8. The summed E-state index contributed by atoms with van der Waals surface area (Å²) in [6.07, 6.45) is 0.833. The summed E-state index contributed by atoms with van der Waals surface area (Å²) in [5.74, 6) is -3.18. The number of rotatable bonds is 7. The molecule has 0 aromatic heterocycles. The van der Waals surface area contributed by atoms with Crippen LogP contribution in [0.5, 0.6) is 0 Å². The lowest BCUT2D eigenvalue weighted by Crippen LogP contribution is -2.51. The van der Waals surface area contributed by atoms with Crippen molar-refractivity contribution in [2.45, 2.75) is 55.3 Å². The first-order valence-electron chi connectivity index (χ1n) is 11.1. The topological polar surface area (TPSA) is 41.6 Å². The summed E-state index contributed by atoms with van der Waals surface area (Å²) in [5.41, 5.74) is -0.0407. The average molecular weight is 481 g/mol. The molecule has 1 N–H and O–H groups in total. The highest BCUT2D eigenvalue weighted by Gasteiger charge is 2.47. The average Bonchev–Trinajstić information content (AvgIpc) is 3.53. The molecule has 4 unspecified atom stereocenters. The third-order valence-corrected chi connectivity index (χ3v) is 7.69. The van der Waals surface area contributed by atoms with E-state index in [1.54, 1.807) is 6.07 Å². The first-order valence-corrected chi connectivity index (χ1v) is 12.0. The zero-order chi connectivity index (χ0) is 23.1. The van der Waals surface area contributed by atoms with Gasteiger partial charge in [0.1, 0.15) is 18.1 Å². The minimum atomic E-state index is -1.31. The van der Waals surface area contributed by atoms with Crippen LogP contribution in [-0.2, 0) is 16.0 Å². The van der Waals surface area contributed by atoms with Crippen LogP contribution in [0.1, 0.15) is 24.8 Å². The molecule has 0 bridgehead atoms. The largest absolute Gasteiger partial charge is 0.368 e. The van der Waals surface area contributed by atoms with Crippen molar-refractivity contribution in [3.63, 3.8) is 0 Å². The van der Waals surface area contributed by atoms with E-state index in [-0.39, 0.29) is 35.6 Å². The number of carbonyl (C=O) groups is 1. The van der Waals surface area contributed by atoms with Crippen LogP contribution in [0.3, 0.4) is 0 Å². The molecule has 0 spiro atoms. The van der Waals surface area contributed by atoms with Crippen molar-refractivity contribution in [3.8, 4) is 11.1 Å². The Morgan fingerprint density at radius 1 is 1.06 bits per heavy atom. The molecule has 2 aromatic rings. The molecule has 3 aliphatic rings. The van der Waals surface area contributed by atoms with Gasteiger partial charge in [-0.1, -0.05) is 42.3 Å². The number of benzene rings is 2. The lowest BCUT2D eigenvalue weighted by atomic mass is 9.95. The van der Waals surface area contributed by atoms with E-state index >= 15 is 8.78 Å². The first kappa shape index (κ1) is 22.7. The smallest absolute Gasteiger partial charge is 0.252 e. The second-order valence-electron chi connectivity index (χ2n) is 8.77. The predicted molar refractivity (Wildman–Crippen MR) is 118 cm³/mol. The molecule has 1 amide bonds. The number of hydrogen-bond donors (Lipinski definition) is 1. The summed E-state index contributed by atoms with van der Waals surface area (Å²) in [4.78, 5) is 14.4. The van der Waals surface area contributed by atoms with E-state index in [4.69, 9.17) is 4.74 Å². The predicted octanol–water partition coefficient (Wildman–Crippen LogP) is 4.42. The molecule has 33 heavy (non-hydrogen) atoms. The Hall–Kier alpha value is -2.10. The Labute approximate surface area is 193 Å². The maximum atomic E-state index is 15.5. The minimum absolute atomic E-state index is 0.0401. The Morgan fingerprint density at radius 2 is 1.76 bits per heavy atom. The second-order valence-corrected chi connectivity index (χ2v) is 9.91. The molecule has 1 aliphatic carbocycles. The maximum Gasteiger partial charge on any atom is 0.252 e. The van der Waals surface area contributed by atoms with Crippen LogP contribution in [0.4, 0.5) is 17.6 Å². The molecular formula is C24H24F4N2O2S. The van der Waals surface area contributed by atoms with Gasteiger partial charge in [0.25, 0.3) is 5.91 Å². The number of nitrogens with one attached hydrogen (secondary N) is 1. The molecule has 0 radical (unpaired) electrons. The highest BCUT2D eigenvalue weighted by atomic mass is 32.2. The molecule has 1 saturated carbocycles. The number of ether oxygens (including phenoxy) is 1. The Morgan fingerprint density at radius 3 is 2.42 bits per heavy atom. The van der Waals surface area contributed by atoms with Gasteiger partial charge in [-0.15, -0.1) is 0 Å². The normalized spacial score (nSPS) is 27.0. The van der Waals surface area contributed by atoms with E-state index in [1.807, 2.05) is 0 Å². The van der Waals surface area contributed by atoms with E-state index in [1.165, 1.54) is 41.1 Å². The van der Waals surface area contributed by atoms with Gasteiger partial charge in [0.2, 0.25) is 0 Å². The fraction of sp³-hybridized carbons (Fsp3) is 0.458. The minimum Gasteiger partial charge on any atom is -0.368 e. The fourth-order valence-corrected chi connectivity index (χ4v) is 5.40. The Kier molecular flexibility index (Phi) is 6.37. The standard InChI is InChI=1S/C24H24F4N2O2S/c25-17-6-2-5-16(22(17)28)15-4-1-3-13(21(15)27)11-19-23(29-33-14-7-8-14)18(26)12-30(19)24(31)20-9-10-32-20/h1-6,14,18-20,23,29H,7-12H2. The second kappa shape index (κ2) is 9.27. The van der Waals surface area contributed by atoms with Gasteiger partial charge in [0, 0.05) is 22.8 Å². The van der Waals surface area contributed by atoms with Crippen LogP contribution in [0.25, 0.3) is 11.1 Å². The van der Waals surface area contributed by atoms with Gasteiger partial charge in [0.15, 0.2) is 11.6 Å². The molecule has 2 aromatic carbocycles. The lowest BCUT2D eigenvalue weighted by molar-refractivity contribution is -0.157. The zero-order valence-corrected chi connectivity index (χ0v) is 18.6. The van der Waals surface area contributed by atoms with Gasteiger partial charge < -0.3 is 9.64 Å². The summed E-state index contributed by atoms with van der Waals surface area (Å²) < 4.78 is 67.1. The van der Waals surface area contributed by atoms with Gasteiger partial charge in [-0.05, 0) is 30.9 Å². The van der Waals surface area contributed by atoms with Gasteiger partial charge in [-0.25, -0.2) is 17.6 Å². The molecule has 4 atom stereocenters. The lowest BCUT2D eigenvalue weighted by Gasteiger charge is -2.34. The van der Waals surface area contributed by atoms with Gasteiger partial charge in [-0.2, -0.15) is 0 Å². The van der Waals surface area contributed by atoms with E-state index in [2.05, 4.69) is 4.72 Å². The van der Waals surface area contributed by atoms with E-state index < -0.39 is 41.8 Å². The highest BCUT2D eigenvalue weighted by molar-refractivity contribution is 7.98. The van der Waals surface area contributed by atoms with Crippen LogP contribution in [0.2, 0.25) is 0 Å². The van der Waals surface area contributed by atoms with Crippen molar-refractivity contribution >= 4 is 17.9 Å². The number of alkyl halides is 1. The molecule has 9 heteroatoms. The van der Waals surface area contributed by atoms with E-state index in [9.17, 15) is 13.6 Å². The monoisotopic (exact) mass is 480 g/mol. The van der Waals surface area contributed by atoms with Gasteiger partial charge >= 0.3 is 0 Å². The van der Waals surface area contributed by atoms with Crippen molar-refractivity contribution in [1.82, 2.24) is 9.62 Å². The van der Waals surface area contributed by atoms with E-state index in [0.29, 0.717) is 18.3 Å². The molecular weight excluding hydrogens is 456 g/mol. The van der Waals surface area contributed by atoms with Crippen molar-refractivity contribution in [1.29, 1.82) is 0 Å². The number of hydrogen-bond acceptors (Lipinski definition) is 4. The molecule has 3 fully saturated rings. The third kappa shape index (κ3) is 4.50. The van der Waals surface area contributed by atoms with Crippen molar-refractivity contribution in [2.75, 3.05) is 13.2 Å². The maximum absolute atomic E-state index is 15.5. The van der Waals surface area contributed by atoms with Crippen LogP contribution < -0.4 is 4.72 Å². The van der Waals surface area contributed by atoms with Crippen molar-refractivity contribution in [2.24, 2.45) is 0 Å². The molecule has 2 saturated heterocycles.